The Labute approximate surface area is 398 Å². The number of hydrogen-bond acceptors (Lipinski definition) is 4. The van der Waals surface area contributed by atoms with Crippen molar-refractivity contribution >= 4 is 97.4 Å². The normalized spacial score (nSPS) is 14.2. The molecule has 4 aliphatic heterocycles. The van der Waals surface area contributed by atoms with Gasteiger partial charge in [0, 0.05) is 57.3 Å². The maximum Gasteiger partial charge on any atom is 0.256 e. The van der Waals surface area contributed by atoms with Gasteiger partial charge in [0.2, 0.25) is 0 Å². The highest BCUT2D eigenvalue weighted by molar-refractivity contribution is 7.02. The second kappa shape index (κ2) is 14.5. The molecule has 0 radical (unpaired) electrons. The molecule has 0 amide bonds. The molecule has 0 fully saturated rings. The number of fused-ring (bicyclic) bond motifs is 8. The summed E-state index contributed by atoms with van der Waals surface area (Å²) in [6, 6.07) is 56.0. The standard InChI is InChI=1S/C61H57B2N3O/c1-36-12-20-43(21-13-36)64-50-26-18-39(4)28-46(50)62-48-34-49-56(35-52(48)66(45-24-16-38(3)17-25-45)54-31-41(60(6,7)8)30-53(64)58(54)62)67-57-33-42(61(9,10)11)32-55-59(57)63(49)47-29-40(5)19-27-51(47)65(55)44-22-14-37(2)15-23-44/h12-35H,1-11H3. The van der Waals surface area contributed by atoms with Crippen molar-refractivity contribution in [2.24, 2.45) is 0 Å². The van der Waals surface area contributed by atoms with Crippen LogP contribution in [0.3, 0.4) is 0 Å². The zero-order chi connectivity index (χ0) is 46.4. The molecule has 8 aromatic rings. The van der Waals surface area contributed by atoms with Gasteiger partial charge in [0.1, 0.15) is 11.5 Å². The Bertz CT molecular complexity index is 3360. The Morgan fingerprint density at radius 2 is 0.701 bits per heavy atom. The van der Waals surface area contributed by atoms with E-state index in [2.05, 4.69) is 236 Å². The number of hydrogen-bond donors (Lipinski definition) is 0. The Morgan fingerprint density at radius 1 is 0.328 bits per heavy atom. The molecule has 8 aromatic carbocycles. The fourth-order valence-electron chi connectivity index (χ4n) is 11.3. The Balaban J connectivity index is 1.18. The van der Waals surface area contributed by atoms with Crippen LogP contribution in [0, 0.1) is 34.6 Å². The topological polar surface area (TPSA) is 19.0 Å². The first-order chi connectivity index (χ1) is 32.0. The average molecular weight is 870 g/mol. The summed E-state index contributed by atoms with van der Waals surface area (Å²) in [6.45, 7) is 24.8. The first kappa shape index (κ1) is 41.5. The molecule has 4 aliphatic rings. The number of anilines is 9. The van der Waals surface area contributed by atoms with Crippen LogP contribution in [-0.4, -0.2) is 13.4 Å². The van der Waals surface area contributed by atoms with Gasteiger partial charge < -0.3 is 19.4 Å². The molecule has 328 valence electrons. The predicted molar refractivity (Wildman–Crippen MR) is 287 cm³/mol. The van der Waals surface area contributed by atoms with Crippen LogP contribution in [-0.2, 0) is 10.8 Å². The lowest BCUT2D eigenvalue weighted by Gasteiger charge is -2.46. The molecule has 6 heteroatoms. The lowest BCUT2D eigenvalue weighted by molar-refractivity contribution is 0.483. The molecule has 0 aromatic heterocycles. The molecule has 0 bridgehead atoms. The summed E-state index contributed by atoms with van der Waals surface area (Å²) in [4.78, 5) is 7.56. The first-order valence-electron chi connectivity index (χ1n) is 24.1. The lowest BCUT2D eigenvalue weighted by Crippen LogP contribution is -2.64. The van der Waals surface area contributed by atoms with Gasteiger partial charge >= 0.3 is 0 Å². The van der Waals surface area contributed by atoms with E-state index in [9.17, 15) is 0 Å². The average Bonchev–Trinajstić information content (AvgIpc) is 3.28. The van der Waals surface area contributed by atoms with Crippen molar-refractivity contribution in [2.75, 3.05) is 14.7 Å². The van der Waals surface area contributed by atoms with E-state index in [0.29, 0.717) is 0 Å². The number of aryl methyl sites for hydroxylation is 5. The summed E-state index contributed by atoms with van der Waals surface area (Å²) >= 11 is 0. The van der Waals surface area contributed by atoms with Crippen LogP contribution in [0.1, 0.15) is 80.5 Å². The largest absolute Gasteiger partial charge is 0.458 e. The van der Waals surface area contributed by atoms with Gasteiger partial charge in [-0.05, 0) is 162 Å². The number of rotatable bonds is 3. The first-order valence-corrected chi connectivity index (χ1v) is 24.1. The van der Waals surface area contributed by atoms with Crippen molar-refractivity contribution in [2.45, 2.75) is 87.0 Å². The molecule has 0 saturated carbocycles. The molecule has 0 N–H and O–H groups in total. The smallest absolute Gasteiger partial charge is 0.256 e. The van der Waals surface area contributed by atoms with Crippen molar-refractivity contribution in [3.8, 4) is 11.5 Å². The van der Waals surface area contributed by atoms with E-state index in [-0.39, 0.29) is 24.3 Å². The second-order valence-electron chi connectivity index (χ2n) is 21.9. The van der Waals surface area contributed by atoms with E-state index in [1.54, 1.807) is 0 Å². The van der Waals surface area contributed by atoms with Gasteiger partial charge in [-0.15, -0.1) is 0 Å². The van der Waals surface area contributed by atoms with Crippen LogP contribution < -0.4 is 52.2 Å². The lowest BCUT2D eigenvalue weighted by atomic mass is 9.30. The maximum atomic E-state index is 7.46. The minimum absolute atomic E-state index is 0.0358. The molecule has 0 atom stereocenters. The second-order valence-corrected chi connectivity index (χ2v) is 21.9. The van der Waals surface area contributed by atoms with Gasteiger partial charge in [-0.1, -0.05) is 136 Å². The fourth-order valence-corrected chi connectivity index (χ4v) is 11.3. The number of ether oxygens (including phenoxy) is 1. The summed E-state index contributed by atoms with van der Waals surface area (Å²) in [5, 5.41) is 0. The Morgan fingerprint density at radius 3 is 1.15 bits per heavy atom. The highest BCUT2D eigenvalue weighted by Gasteiger charge is 2.48. The molecular formula is C61H57B2N3O. The SMILES string of the molecule is Cc1ccc(N2c3ccc(C)cc3B3c4cc5c(cc4Oc4cc(C(C)(C)C)cc2c43)N(c2ccc(C)cc2)c2cc(C(C)(C)C)cc3c2B5c2cc(C)ccc2N3c2ccc(C)cc2)cc1. The van der Waals surface area contributed by atoms with Crippen LogP contribution in [0.2, 0.25) is 0 Å². The van der Waals surface area contributed by atoms with E-state index >= 15 is 0 Å². The van der Waals surface area contributed by atoms with Gasteiger partial charge in [0.25, 0.3) is 13.4 Å². The van der Waals surface area contributed by atoms with E-state index in [0.717, 1.165) is 28.6 Å². The van der Waals surface area contributed by atoms with Gasteiger partial charge in [0.15, 0.2) is 0 Å². The molecule has 0 spiro atoms. The van der Waals surface area contributed by atoms with Crippen molar-refractivity contribution in [3.05, 3.63) is 185 Å². The van der Waals surface area contributed by atoms with Crippen molar-refractivity contribution in [1.29, 1.82) is 0 Å². The van der Waals surface area contributed by atoms with Gasteiger partial charge in [0.05, 0.1) is 0 Å². The predicted octanol–water partition coefficient (Wildman–Crippen LogP) is 12.3. The van der Waals surface area contributed by atoms with E-state index in [1.807, 2.05) is 0 Å². The third-order valence-electron chi connectivity index (χ3n) is 14.9. The zero-order valence-corrected chi connectivity index (χ0v) is 40.8. The van der Waals surface area contributed by atoms with Crippen LogP contribution in [0.5, 0.6) is 11.5 Å². The number of benzene rings is 8. The minimum Gasteiger partial charge on any atom is -0.458 e. The van der Waals surface area contributed by atoms with E-state index in [1.165, 1.54) is 106 Å². The third kappa shape index (κ3) is 6.43. The van der Waals surface area contributed by atoms with Crippen LogP contribution >= 0.6 is 0 Å². The molecule has 0 aliphatic carbocycles. The third-order valence-corrected chi connectivity index (χ3v) is 14.9. The van der Waals surface area contributed by atoms with Crippen molar-refractivity contribution in [1.82, 2.24) is 0 Å². The molecular weight excluding hydrogens is 812 g/mol. The summed E-state index contributed by atoms with van der Waals surface area (Å²) in [7, 11) is 0. The van der Waals surface area contributed by atoms with Gasteiger partial charge in [-0.25, -0.2) is 0 Å². The van der Waals surface area contributed by atoms with Crippen molar-refractivity contribution in [3.63, 3.8) is 0 Å². The maximum absolute atomic E-state index is 7.46. The molecule has 0 saturated heterocycles. The monoisotopic (exact) mass is 869 g/mol. The summed E-state index contributed by atoms with van der Waals surface area (Å²) in [5.41, 5.74) is 26.9. The molecule has 67 heavy (non-hydrogen) atoms. The van der Waals surface area contributed by atoms with E-state index < -0.39 is 0 Å². The Hall–Kier alpha value is -6.91. The van der Waals surface area contributed by atoms with E-state index in [4.69, 9.17) is 4.74 Å². The highest BCUT2D eigenvalue weighted by Crippen LogP contribution is 2.49. The minimum atomic E-state index is -0.114. The van der Waals surface area contributed by atoms with Crippen LogP contribution in [0.25, 0.3) is 0 Å². The van der Waals surface area contributed by atoms with Crippen molar-refractivity contribution < 1.29 is 4.74 Å². The Kier molecular flexibility index (Phi) is 9.01. The summed E-state index contributed by atoms with van der Waals surface area (Å²) in [5.74, 6) is 1.85. The molecule has 4 heterocycles. The zero-order valence-electron chi connectivity index (χ0n) is 40.8. The van der Waals surface area contributed by atoms with Crippen LogP contribution in [0.15, 0.2) is 146 Å². The van der Waals surface area contributed by atoms with Gasteiger partial charge in [-0.3, -0.25) is 0 Å². The molecule has 0 unspecified atom stereocenters. The summed E-state index contributed by atoms with van der Waals surface area (Å²) in [6.07, 6.45) is 0. The molecule has 4 nitrogen and oxygen atoms in total. The quantitative estimate of drug-likeness (QED) is 0.165. The molecule has 12 rings (SSSR count). The highest BCUT2D eigenvalue weighted by atomic mass is 16.5. The summed E-state index contributed by atoms with van der Waals surface area (Å²) < 4.78 is 7.46. The van der Waals surface area contributed by atoms with Gasteiger partial charge in [-0.2, -0.15) is 0 Å². The fraction of sp³-hybridized carbons (Fsp3) is 0.213. The van der Waals surface area contributed by atoms with Crippen LogP contribution in [0.4, 0.5) is 51.2 Å². The number of nitrogens with zero attached hydrogens (tertiary/aromatic N) is 3.